The Bertz CT molecular complexity index is 352. The van der Waals surface area contributed by atoms with Crippen LogP contribution in [0.2, 0.25) is 0 Å². The van der Waals surface area contributed by atoms with E-state index in [0.29, 0.717) is 5.92 Å². The fourth-order valence-corrected chi connectivity index (χ4v) is 2.83. The topological polar surface area (TPSA) is 0 Å². The van der Waals surface area contributed by atoms with Crippen molar-refractivity contribution in [2.45, 2.75) is 25.7 Å². The van der Waals surface area contributed by atoms with Gasteiger partial charge in [0.1, 0.15) is 0 Å². The van der Waals surface area contributed by atoms with E-state index >= 15 is 0 Å². The summed E-state index contributed by atoms with van der Waals surface area (Å²) in [5.74, 6) is 1.49. The van der Waals surface area contributed by atoms with Crippen molar-refractivity contribution in [3.63, 3.8) is 0 Å². The molecule has 1 saturated carbocycles. The Kier molecular flexibility index (Phi) is 1.93. The van der Waals surface area contributed by atoms with Gasteiger partial charge in [-0.25, -0.2) is 0 Å². The van der Waals surface area contributed by atoms with Gasteiger partial charge in [0.2, 0.25) is 0 Å². The number of fused-ring (bicyclic) bond motifs is 3. The Hall–Kier alpha value is -1.04. The van der Waals surface area contributed by atoms with E-state index < -0.39 is 0 Å². The zero-order valence-electron chi connectivity index (χ0n) is 8.29. The maximum Gasteiger partial charge on any atom is 0.00511 e. The fraction of sp³-hybridized carbons (Fsp3) is 0.429. The molecule has 0 aromatic rings. The summed E-state index contributed by atoms with van der Waals surface area (Å²) in [6.07, 6.45) is 20.3. The average Bonchev–Trinajstić information content (AvgIpc) is 2.29. The van der Waals surface area contributed by atoms with E-state index in [0.717, 1.165) is 12.3 Å². The van der Waals surface area contributed by atoms with Crippen LogP contribution in [0.3, 0.4) is 0 Å². The number of hydrogen-bond donors (Lipinski definition) is 0. The third-order valence-electron chi connectivity index (χ3n) is 3.60. The first-order valence-corrected chi connectivity index (χ1v) is 5.48. The minimum absolute atomic E-state index is 0.702. The highest BCUT2D eigenvalue weighted by Crippen LogP contribution is 2.43. The lowest BCUT2D eigenvalue weighted by molar-refractivity contribution is 0.435. The Morgan fingerprint density at radius 2 is 2.36 bits per heavy atom. The van der Waals surface area contributed by atoms with Crippen molar-refractivity contribution >= 4 is 0 Å². The van der Waals surface area contributed by atoms with E-state index in [1.54, 1.807) is 11.1 Å². The van der Waals surface area contributed by atoms with E-state index in [4.69, 9.17) is 0 Å². The molecule has 2 atom stereocenters. The van der Waals surface area contributed by atoms with Crippen LogP contribution in [0.5, 0.6) is 0 Å². The summed E-state index contributed by atoms with van der Waals surface area (Å²) in [5.41, 5.74) is 3.25. The molecule has 1 fully saturated rings. The highest BCUT2D eigenvalue weighted by molar-refractivity contribution is 5.35. The molecular formula is C14H14. The Morgan fingerprint density at radius 1 is 1.36 bits per heavy atom. The summed E-state index contributed by atoms with van der Waals surface area (Å²) in [6, 6.07) is 0. The fourth-order valence-electron chi connectivity index (χ4n) is 2.83. The molecule has 0 aromatic heterocycles. The van der Waals surface area contributed by atoms with E-state index in [-0.39, 0.29) is 0 Å². The third kappa shape index (κ3) is 1.21. The van der Waals surface area contributed by atoms with Crippen molar-refractivity contribution in [1.82, 2.24) is 0 Å². The van der Waals surface area contributed by atoms with Gasteiger partial charge < -0.3 is 0 Å². The molecule has 0 bridgehead atoms. The summed E-state index contributed by atoms with van der Waals surface area (Å²) < 4.78 is 0. The zero-order valence-corrected chi connectivity index (χ0v) is 8.29. The minimum atomic E-state index is 0.702. The van der Waals surface area contributed by atoms with Crippen LogP contribution in [-0.2, 0) is 0 Å². The quantitative estimate of drug-likeness (QED) is 0.538. The maximum absolute atomic E-state index is 3.33. The van der Waals surface area contributed by atoms with Crippen molar-refractivity contribution in [3.8, 4) is 0 Å². The van der Waals surface area contributed by atoms with Crippen LogP contribution < -0.4 is 0 Å². The third-order valence-corrected chi connectivity index (χ3v) is 3.60. The van der Waals surface area contributed by atoms with Gasteiger partial charge in [-0.3, -0.25) is 0 Å². The van der Waals surface area contributed by atoms with Gasteiger partial charge in [-0.1, -0.05) is 35.5 Å². The van der Waals surface area contributed by atoms with Crippen LogP contribution in [0.1, 0.15) is 25.7 Å². The number of hydrogen-bond acceptors (Lipinski definition) is 0. The van der Waals surface area contributed by atoms with Gasteiger partial charge in [0, 0.05) is 5.92 Å². The average molecular weight is 182 g/mol. The summed E-state index contributed by atoms with van der Waals surface area (Å²) >= 11 is 0. The smallest absolute Gasteiger partial charge is 0.00511 e. The number of rotatable bonds is 0. The van der Waals surface area contributed by atoms with Gasteiger partial charge in [0.05, 0.1) is 0 Å². The van der Waals surface area contributed by atoms with Crippen LogP contribution in [-0.4, -0.2) is 0 Å². The first-order chi connectivity index (χ1) is 6.95. The van der Waals surface area contributed by atoms with E-state index in [2.05, 4.69) is 36.5 Å². The molecule has 3 aliphatic carbocycles. The molecule has 0 nitrogen and oxygen atoms in total. The highest BCUT2D eigenvalue weighted by atomic mass is 14.3. The monoisotopic (exact) mass is 182 g/mol. The van der Waals surface area contributed by atoms with Crippen molar-refractivity contribution in [1.29, 1.82) is 0 Å². The van der Waals surface area contributed by atoms with E-state index in [9.17, 15) is 0 Å². The Balaban J connectivity index is 1.97. The molecule has 0 heterocycles. The van der Waals surface area contributed by atoms with Crippen LogP contribution in [0.25, 0.3) is 0 Å². The van der Waals surface area contributed by atoms with Gasteiger partial charge in [0.15, 0.2) is 0 Å². The minimum Gasteiger partial charge on any atom is -0.0758 e. The molecule has 0 heteroatoms. The first-order valence-electron chi connectivity index (χ1n) is 5.48. The lowest BCUT2D eigenvalue weighted by atomic mass is 9.69. The van der Waals surface area contributed by atoms with Crippen molar-refractivity contribution in [2.24, 2.45) is 11.8 Å². The van der Waals surface area contributed by atoms with Gasteiger partial charge in [-0.2, -0.15) is 0 Å². The van der Waals surface area contributed by atoms with Gasteiger partial charge in [-0.05, 0) is 43.8 Å². The van der Waals surface area contributed by atoms with Crippen molar-refractivity contribution in [2.75, 3.05) is 0 Å². The SMILES string of the molecule is [C]1=CC=C2C(C1)CCC1=C[C]=CCC12. The van der Waals surface area contributed by atoms with Crippen LogP contribution in [0.4, 0.5) is 0 Å². The molecule has 0 amide bonds. The lowest BCUT2D eigenvalue weighted by Gasteiger charge is -2.36. The first kappa shape index (κ1) is 8.28. The van der Waals surface area contributed by atoms with Crippen LogP contribution >= 0.6 is 0 Å². The second-order valence-corrected chi connectivity index (χ2v) is 4.36. The summed E-state index contributed by atoms with van der Waals surface area (Å²) in [7, 11) is 0. The molecule has 0 spiro atoms. The molecule has 0 aliphatic heterocycles. The molecule has 3 aliphatic rings. The molecule has 0 aromatic carbocycles. The molecule has 0 saturated heterocycles. The summed E-state index contributed by atoms with van der Waals surface area (Å²) in [4.78, 5) is 0. The predicted octanol–water partition coefficient (Wildman–Crippen LogP) is 3.39. The molecule has 14 heavy (non-hydrogen) atoms. The molecule has 2 radical (unpaired) electrons. The largest absolute Gasteiger partial charge is 0.0758 e. The second-order valence-electron chi connectivity index (χ2n) is 4.36. The second kappa shape index (κ2) is 3.27. The summed E-state index contributed by atoms with van der Waals surface area (Å²) in [6.45, 7) is 0. The maximum atomic E-state index is 3.33. The van der Waals surface area contributed by atoms with Crippen LogP contribution in [0.15, 0.2) is 35.5 Å². The molecule has 2 unspecified atom stereocenters. The summed E-state index contributed by atoms with van der Waals surface area (Å²) in [5, 5.41) is 0. The molecular weight excluding hydrogens is 168 g/mol. The van der Waals surface area contributed by atoms with E-state index in [1.165, 1.54) is 19.3 Å². The van der Waals surface area contributed by atoms with Crippen molar-refractivity contribution in [3.05, 3.63) is 47.6 Å². The lowest BCUT2D eigenvalue weighted by Crippen LogP contribution is -2.23. The van der Waals surface area contributed by atoms with Crippen molar-refractivity contribution < 1.29 is 0 Å². The Morgan fingerprint density at radius 3 is 3.36 bits per heavy atom. The molecule has 0 N–H and O–H groups in total. The van der Waals surface area contributed by atoms with Gasteiger partial charge >= 0.3 is 0 Å². The number of allylic oxidation sites excluding steroid dienone is 8. The standard InChI is InChI=1S/C14H14/c1-3-7-13-11(5-1)9-10-12-6-2-4-8-14(12)13/h3-5,8,12-13H,6-7,9-10H2. The van der Waals surface area contributed by atoms with E-state index in [1.807, 2.05) is 0 Å². The van der Waals surface area contributed by atoms with Crippen LogP contribution in [0, 0.1) is 24.0 Å². The van der Waals surface area contributed by atoms with Gasteiger partial charge in [-0.15, -0.1) is 0 Å². The van der Waals surface area contributed by atoms with Gasteiger partial charge in [0.25, 0.3) is 0 Å². The Labute approximate surface area is 85.7 Å². The molecule has 70 valence electrons. The normalized spacial score (nSPS) is 34.3. The zero-order chi connectivity index (χ0) is 9.38. The molecule has 3 rings (SSSR count). The highest BCUT2D eigenvalue weighted by Gasteiger charge is 2.30. The predicted molar refractivity (Wildman–Crippen MR) is 57.2 cm³/mol.